The molecule has 2 rings (SSSR count). The predicted octanol–water partition coefficient (Wildman–Crippen LogP) is 7.62. The normalized spacial score (nSPS) is 31.8. The van der Waals surface area contributed by atoms with Crippen molar-refractivity contribution in [2.75, 3.05) is 0 Å². The molecule has 26 heavy (non-hydrogen) atoms. The Labute approximate surface area is 150 Å². The highest BCUT2D eigenvalue weighted by Gasteiger charge is 2.74. The van der Waals surface area contributed by atoms with Crippen LogP contribution in [0, 0.1) is 23.7 Å². The van der Waals surface area contributed by atoms with E-state index in [1.54, 1.807) is 0 Å². The monoisotopic (exact) mass is 390 g/mol. The first-order valence-corrected chi connectivity index (χ1v) is 9.83. The predicted molar refractivity (Wildman–Crippen MR) is 86.4 cm³/mol. The van der Waals surface area contributed by atoms with E-state index in [0.717, 1.165) is 31.6 Å². The van der Waals surface area contributed by atoms with Crippen LogP contribution in [0.25, 0.3) is 0 Å². The summed E-state index contributed by atoms with van der Waals surface area (Å²) in [4.78, 5) is 0. The van der Waals surface area contributed by atoms with Gasteiger partial charge >= 0.3 is 18.0 Å². The maximum atomic E-state index is 13.9. The minimum atomic E-state index is -6.22. The summed E-state index contributed by atoms with van der Waals surface area (Å²) < 4.78 is 91.2. The van der Waals surface area contributed by atoms with Crippen molar-refractivity contribution in [3.63, 3.8) is 0 Å². The molecule has 0 aromatic heterocycles. The molecule has 0 aromatic rings. The molecule has 0 amide bonds. The lowest BCUT2D eigenvalue weighted by Crippen LogP contribution is -2.56. The summed E-state index contributed by atoms with van der Waals surface area (Å²) in [6, 6.07) is 0. The maximum Gasteiger partial charge on any atom is 0.459 e. The third-order valence-corrected chi connectivity index (χ3v) is 6.58. The Bertz CT molecular complexity index is 428. The molecule has 2 fully saturated rings. The van der Waals surface area contributed by atoms with Crippen LogP contribution < -0.4 is 0 Å². The SMILES string of the molecule is CCCC[C@H]1CC[C@H]([C@H]2CC[C@H](C(F)(F)C(F)(F)C(F)(F)F)CC2)CC1. The van der Waals surface area contributed by atoms with Gasteiger partial charge in [0.25, 0.3) is 0 Å². The van der Waals surface area contributed by atoms with Gasteiger partial charge in [0.05, 0.1) is 0 Å². The van der Waals surface area contributed by atoms with Gasteiger partial charge in [-0.1, -0.05) is 39.0 Å². The van der Waals surface area contributed by atoms with Crippen LogP contribution in [0.5, 0.6) is 0 Å². The van der Waals surface area contributed by atoms with Gasteiger partial charge in [-0.15, -0.1) is 0 Å². The zero-order chi connectivity index (χ0) is 19.6. The molecule has 0 bridgehead atoms. The van der Waals surface area contributed by atoms with Crippen molar-refractivity contribution in [3.8, 4) is 0 Å². The third-order valence-electron chi connectivity index (χ3n) is 6.58. The smallest absolute Gasteiger partial charge is 0.199 e. The second-order valence-electron chi connectivity index (χ2n) is 8.23. The summed E-state index contributed by atoms with van der Waals surface area (Å²) in [6.45, 7) is 2.15. The minimum absolute atomic E-state index is 0.189. The molecule has 0 radical (unpaired) electrons. The Kier molecular flexibility index (Phi) is 6.92. The fraction of sp³-hybridized carbons (Fsp3) is 1.00. The highest BCUT2D eigenvalue weighted by molar-refractivity contribution is 4.97. The molecule has 0 unspecified atom stereocenters. The number of alkyl halides is 7. The highest BCUT2D eigenvalue weighted by Crippen LogP contribution is 2.54. The Hall–Kier alpha value is -0.490. The van der Waals surface area contributed by atoms with Gasteiger partial charge in [0, 0.05) is 5.92 Å². The van der Waals surface area contributed by atoms with Crippen molar-refractivity contribution in [2.45, 2.75) is 95.6 Å². The zero-order valence-corrected chi connectivity index (χ0v) is 15.2. The zero-order valence-electron chi connectivity index (χ0n) is 15.2. The van der Waals surface area contributed by atoms with Gasteiger partial charge in [0.2, 0.25) is 0 Å². The van der Waals surface area contributed by atoms with E-state index in [1.165, 1.54) is 19.3 Å². The van der Waals surface area contributed by atoms with E-state index in [1.807, 2.05) is 0 Å². The van der Waals surface area contributed by atoms with Crippen molar-refractivity contribution in [2.24, 2.45) is 23.7 Å². The van der Waals surface area contributed by atoms with Gasteiger partial charge in [-0.25, -0.2) is 0 Å². The van der Waals surface area contributed by atoms with E-state index in [2.05, 4.69) is 6.92 Å². The largest absolute Gasteiger partial charge is 0.459 e. The van der Waals surface area contributed by atoms with Gasteiger partial charge in [0.15, 0.2) is 0 Å². The Morgan fingerprint density at radius 1 is 0.692 bits per heavy atom. The van der Waals surface area contributed by atoms with Crippen LogP contribution in [0.15, 0.2) is 0 Å². The van der Waals surface area contributed by atoms with Crippen LogP contribution in [0.2, 0.25) is 0 Å². The Morgan fingerprint density at radius 3 is 1.58 bits per heavy atom. The van der Waals surface area contributed by atoms with E-state index in [4.69, 9.17) is 0 Å². The first-order valence-electron chi connectivity index (χ1n) is 9.83. The van der Waals surface area contributed by atoms with E-state index in [-0.39, 0.29) is 18.8 Å². The molecule has 0 heterocycles. The third kappa shape index (κ3) is 4.49. The van der Waals surface area contributed by atoms with Crippen LogP contribution in [-0.4, -0.2) is 18.0 Å². The second-order valence-corrected chi connectivity index (χ2v) is 8.23. The molecular weight excluding hydrogens is 361 g/mol. The summed E-state index contributed by atoms with van der Waals surface area (Å²) in [6.07, 6.45) is 1.83. The minimum Gasteiger partial charge on any atom is -0.199 e. The average molecular weight is 390 g/mol. The van der Waals surface area contributed by atoms with E-state index in [9.17, 15) is 30.7 Å². The van der Waals surface area contributed by atoms with E-state index in [0.29, 0.717) is 18.8 Å². The molecule has 0 nitrogen and oxygen atoms in total. The molecule has 2 aliphatic carbocycles. The van der Waals surface area contributed by atoms with Crippen LogP contribution >= 0.6 is 0 Å². The molecular formula is C19H29F7. The van der Waals surface area contributed by atoms with Crippen LogP contribution in [0.4, 0.5) is 30.7 Å². The summed E-state index contributed by atoms with van der Waals surface area (Å²) in [5, 5.41) is 0. The van der Waals surface area contributed by atoms with E-state index >= 15 is 0 Å². The molecule has 0 saturated heterocycles. The Morgan fingerprint density at radius 2 is 1.15 bits per heavy atom. The topological polar surface area (TPSA) is 0 Å². The van der Waals surface area contributed by atoms with E-state index < -0.39 is 23.9 Å². The average Bonchev–Trinajstić information content (AvgIpc) is 2.59. The van der Waals surface area contributed by atoms with Crippen molar-refractivity contribution in [3.05, 3.63) is 0 Å². The van der Waals surface area contributed by atoms with Gasteiger partial charge < -0.3 is 0 Å². The summed E-state index contributed by atoms with van der Waals surface area (Å²) in [7, 11) is 0. The molecule has 0 spiro atoms. The van der Waals surface area contributed by atoms with Crippen LogP contribution in [0.1, 0.15) is 77.6 Å². The molecule has 0 aromatic carbocycles. The van der Waals surface area contributed by atoms with Crippen molar-refractivity contribution in [1.29, 1.82) is 0 Å². The standard InChI is InChI=1S/C19H29F7/c1-2-3-4-13-5-7-14(8-6-13)15-9-11-16(12-10-15)17(20,21)18(22,23)19(24,25)26/h13-16H,2-12H2,1H3/t13-,14-,15-,16-. The molecule has 2 saturated carbocycles. The molecule has 7 heteroatoms. The quantitative estimate of drug-likeness (QED) is 0.409. The molecule has 154 valence electrons. The number of unbranched alkanes of at least 4 members (excludes halogenated alkanes) is 1. The van der Waals surface area contributed by atoms with Gasteiger partial charge in [-0.3, -0.25) is 0 Å². The lowest BCUT2D eigenvalue weighted by Gasteiger charge is -2.41. The van der Waals surface area contributed by atoms with Crippen molar-refractivity contribution < 1.29 is 30.7 Å². The first-order chi connectivity index (χ1) is 12.0. The summed E-state index contributed by atoms with van der Waals surface area (Å²) >= 11 is 0. The van der Waals surface area contributed by atoms with Crippen molar-refractivity contribution in [1.82, 2.24) is 0 Å². The molecule has 0 aliphatic heterocycles. The van der Waals surface area contributed by atoms with Crippen LogP contribution in [0.3, 0.4) is 0 Å². The molecule has 0 N–H and O–H groups in total. The van der Waals surface area contributed by atoms with Crippen molar-refractivity contribution >= 4 is 0 Å². The Balaban J connectivity index is 1.86. The molecule has 0 atom stereocenters. The number of hydrogen-bond donors (Lipinski definition) is 0. The fourth-order valence-corrected chi connectivity index (χ4v) is 4.84. The van der Waals surface area contributed by atoms with Gasteiger partial charge in [-0.05, 0) is 56.3 Å². The number of hydrogen-bond acceptors (Lipinski definition) is 0. The summed E-state index contributed by atoms with van der Waals surface area (Å²) in [5.41, 5.74) is 0. The van der Waals surface area contributed by atoms with Crippen LogP contribution in [-0.2, 0) is 0 Å². The lowest BCUT2D eigenvalue weighted by atomic mass is 9.67. The van der Waals surface area contributed by atoms with Gasteiger partial charge in [0.1, 0.15) is 0 Å². The summed E-state index contributed by atoms with van der Waals surface area (Å²) in [5.74, 6) is -11.6. The maximum absolute atomic E-state index is 13.9. The first kappa shape index (κ1) is 21.8. The second kappa shape index (κ2) is 8.26. The number of halogens is 7. The number of rotatable bonds is 6. The lowest BCUT2D eigenvalue weighted by molar-refractivity contribution is -0.367. The molecule has 2 aliphatic rings. The fourth-order valence-electron chi connectivity index (χ4n) is 4.84. The van der Waals surface area contributed by atoms with Gasteiger partial charge in [-0.2, -0.15) is 30.7 Å². The highest BCUT2D eigenvalue weighted by atomic mass is 19.4.